The van der Waals surface area contributed by atoms with Crippen LogP contribution in [0.25, 0.3) is 0 Å². The minimum absolute atomic E-state index is 0. The molecule has 7 nitrogen and oxygen atoms in total. The zero-order valence-electron chi connectivity index (χ0n) is 12.2. The van der Waals surface area contributed by atoms with Crippen molar-refractivity contribution in [1.29, 1.82) is 0 Å². The van der Waals surface area contributed by atoms with Gasteiger partial charge in [-0.15, -0.1) is 24.0 Å². The number of anilines is 1. The highest BCUT2D eigenvalue weighted by Crippen LogP contribution is 2.17. The topological polar surface area (TPSA) is 91.8 Å². The number of rotatable bonds is 6. The Morgan fingerprint density at radius 2 is 2.10 bits per heavy atom. The Balaban J connectivity index is 0.00000400. The molecule has 0 aliphatic heterocycles. The fourth-order valence-corrected chi connectivity index (χ4v) is 2.04. The third kappa shape index (κ3) is 8.60. The van der Waals surface area contributed by atoms with E-state index in [-0.39, 0.29) is 24.0 Å². The Kier molecular flexibility index (Phi) is 9.09. The van der Waals surface area contributed by atoms with Crippen molar-refractivity contribution in [2.75, 3.05) is 38.2 Å². The molecular formula is C12H21IN4O3S. The first-order valence-corrected chi connectivity index (χ1v) is 7.93. The van der Waals surface area contributed by atoms with Crippen molar-refractivity contribution in [3.63, 3.8) is 0 Å². The number of guanidine groups is 1. The van der Waals surface area contributed by atoms with E-state index in [0.29, 0.717) is 30.5 Å². The molecule has 0 aliphatic rings. The zero-order valence-corrected chi connectivity index (χ0v) is 15.4. The number of nitrogens with one attached hydrogen (secondary N) is 3. The summed E-state index contributed by atoms with van der Waals surface area (Å²) in [6.45, 7) is 1.01. The van der Waals surface area contributed by atoms with E-state index in [1.54, 1.807) is 38.4 Å². The maximum absolute atomic E-state index is 11.1. The fourth-order valence-electron chi connectivity index (χ4n) is 1.48. The second-order valence-corrected chi connectivity index (χ2v) is 5.75. The lowest BCUT2D eigenvalue weighted by Crippen LogP contribution is -2.37. The smallest absolute Gasteiger partial charge is 0.229 e. The number of hydrogen-bond donors (Lipinski definition) is 3. The molecule has 3 N–H and O–H groups in total. The van der Waals surface area contributed by atoms with Gasteiger partial charge in [0.05, 0.1) is 18.5 Å². The molecule has 9 heteroatoms. The Bertz CT molecular complexity index is 563. The number of halogens is 1. The van der Waals surface area contributed by atoms with Crippen LogP contribution in [0.2, 0.25) is 0 Å². The molecule has 1 aromatic rings. The molecule has 0 atom stereocenters. The van der Waals surface area contributed by atoms with Gasteiger partial charge in [0.15, 0.2) is 5.96 Å². The highest BCUT2D eigenvalue weighted by molar-refractivity contribution is 14.0. The summed E-state index contributed by atoms with van der Waals surface area (Å²) >= 11 is 0. The van der Waals surface area contributed by atoms with E-state index in [1.807, 2.05) is 0 Å². The molecule has 0 fully saturated rings. The summed E-state index contributed by atoms with van der Waals surface area (Å²) in [5.74, 6) is 1.28. The van der Waals surface area contributed by atoms with Crippen LogP contribution in [-0.4, -0.2) is 47.9 Å². The summed E-state index contributed by atoms with van der Waals surface area (Å²) in [5, 5.41) is 5.94. The van der Waals surface area contributed by atoms with E-state index in [2.05, 4.69) is 20.3 Å². The third-order valence-electron chi connectivity index (χ3n) is 2.26. The Morgan fingerprint density at radius 1 is 1.38 bits per heavy atom. The van der Waals surface area contributed by atoms with Gasteiger partial charge in [-0.3, -0.25) is 9.71 Å². The van der Waals surface area contributed by atoms with Crippen molar-refractivity contribution in [1.82, 2.24) is 10.6 Å². The van der Waals surface area contributed by atoms with Crippen molar-refractivity contribution in [3.05, 3.63) is 24.3 Å². The number of ether oxygens (including phenoxy) is 1. The van der Waals surface area contributed by atoms with Gasteiger partial charge in [0.1, 0.15) is 12.4 Å². The molecule has 0 radical (unpaired) electrons. The van der Waals surface area contributed by atoms with Crippen molar-refractivity contribution in [2.45, 2.75) is 0 Å². The largest absolute Gasteiger partial charge is 0.492 e. The summed E-state index contributed by atoms with van der Waals surface area (Å²) in [4.78, 5) is 3.97. The quantitative estimate of drug-likeness (QED) is 0.271. The van der Waals surface area contributed by atoms with Gasteiger partial charge in [-0.05, 0) is 12.1 Å². The minimum atomic E-state index is -3.28. The summed E-state index contributed by atoms with van der Waals surface area (Å²) in [6, 6.07) is 6.78. The van der Waals surface area contributed by atoms with Gasteiger partial charge in [0, 0.05) is 20.2 Å². The number of sulfonamides is 1. The number of aliphatic imine (C=N–C) groups is 1. The van der Waals surface area contributed by atoms with Gasteiger partial charge in [-0.2, -0.15) is 0 Å². The molecule has 0 aromatic heterocycles. The lowest BCUT2D eigenvalue weighted by Gasteiger charge is -2.11. The second-order valence-electron chi connectivity index (χ2n) is 4.00. The molecule has 0 bridgehead atoms. The molecular weight excluding hydrogens is 407 g/mol. The van der Waals surface area contributed by atoms with Crippen LogP contribution in [0.15, 0.2) is 29.3 Å². The lowest BCUT2D eigenvalue weighted by atomic mass is 10.3. The summed E-state index contributed by atoms with van der Waals surface area (Å²) in [5.41, 5.74) is 0.476. The molecule has 0 unspecified atom stereocenters. The van der Waals surface area contributed by atoms with Crippen LogP contribution in [0.4, 0.5) is 5.69 Å². The van der Waals surface area contributed by atoms with Crippen LogP contribution >= 0.6 is 24.0 Å². The molecule has 120 valence electrons. The standard InChI is InChI=1S/C12H20N4O3S.HI/c1-13-12(14-2)15-7-8-19-11-6-4-5-10(9-11)16-20(3,17)18;/h4-6,9,16H,7-8H2,1-3H3,(H2,13,14,15);1H. The van der Waals surface area contributed by atoms with Crippen LogP contribution in [0.1, 0.15) is 0 Å². The zero-order chi connectivity index (χ0) is 15.0. The van der Waals surface area contributed by atoms with Gasteiger partial charge < -0.3 is 15.4 Å². The van der Waals surface area contributed by atoms with Crippen LogP contribution < -0.4 is 20.1 Å². The first-order valence-electron chi connectivity index (χ1n) is 6.03. The van der Waals surface area contributed by atoms with Crippen LogP contribution in [0.5, 0.6) is 5.75 Å². The summed E-state index contributed by atoms with van der Waals surface area (Å²) < 4.78 is 30.2. The summed E-state index contributed by atoms with van der Waals surface area (Å²) in [7, 11) is 0.176. The summed E-state index contributed by atoms with van der Waals surface area (Å²) in [6.07, 6.45) is 1.10. The first-order chi connectivity index (χ1) is 9.44. The third-order valence-corrected chi connectivity index (χ3v) is 2.87. The molecule has 0 aliphatic carbocycles. The van der Waals surface area contributed by atoms with Crippen LogP contribution in [0, 0.1) is 0 Å². The molecule has 21 heavy (non-hydrogen) atoms. The number of benzene rings is 1. The van der Waals surface area contributed by atoms with Crippen molar-refractivity contribution in [3.8, 4) is 5.75 Å². The first kappa shape index (κ1) is 19.8. The van der Waals surface area contributed by atoms with Crippen molar-refractivity contribution in [2.24, 2.45) is 4.99 Å². The normalized spacial score (nSPS) is 11.3. The average Bonchev–Trinajstić information content (AvgIpc) is 2.37. The van der Waals surface area contributed by atoms with Gasteiger partial charge in [-0.25, -0.2) is 8.42 Å². The maximum atomic E-state index is 11.1. The molecule has 0 spiro atoms. The predicted molar refractivity (Wildman–Crippen MR) is 96.2 cm³/mol. The molecule has 0 saturated carbocycles. The van der Waals surface area contributed by atoms with E-state index in [9.17, 15) is 8.42 Å². The highest BCUT2D eigenvalue weighted by Gasteiger charge is 2.03. The predicted octanol–water partition coefficient (Wildman–Crippen LogP) is 0.850. The SMILES string of the molecule is CN=C(NC)NCCOc1cccc(NS(C)(=O)=O)c1.I. The second kappa shape index (κ2) is 9.66. The number of nitrogens with zero attached hydrogens (tertiary/aromatic N) is 1. The van der Waals surface area contributed by atoms with Crippen LogP contribution in [-0.2, 0) is 10.0 Å². The van der Waals surface area contributed by atoms with Gasteiger partial charge >= 0.3 is 0 Å². The van der Waals surface area contributed by atoms with Crippen molar-refractivity contribution < 1.29 is 13.2 Å². The van der Waals surface area contributed by atoms with E-state index in [4.69, 9.17) is 4.74 Å². The Morgan fingerprint density at radius 3 is 2.67 bits per heavy atom. The highest BCUT2D eigenvalue weighted by atomic mass is 127. The van der Waals surface area contributed by atoms with E-state index in [1.165, 1.54) is 0 Å². The minimum Gasteiger partial charge on any atom is -0.492 e. The average molecular weight is 428 g/mol. The van der Waals surface area contributed by atoms with E-state index in [0.717, 1.165) is 6.26 Å². The lowest BCUT2D eigenvalue weighted by molar-refractivity contribution is 0.322. The van der Waals surface area contributed by atoms with E-state index < -0.39 is 10.0 Å². The molecule has 0 heterocycles. The molecule has 1 rings (SSSR count). The Labute approximate surface area is 142 Å². The monoisotopic (exact) mass is 428 g/mol. The molecule has 0 amide bonds. The molecule has 1 aromatic carbocycles. The number of hydrogen-bond acceptors (Lipinski definition) is 4. The van der Waals surface area contributed by atoms with Gasteiger partial charge in [0.2, 0.25) is 10.0 Å². The molecule has 0 saturated heterocycles. The van der Waals surface area contributed by atoms with Gasteiger partial charge in [-0.1, -0.05) is 6.07 Å². The van der Waals surface area contributed by atoms with E-state index >= 15 is 0 Å². The Hall–Kier alpha value is -1.23. The maximum Gasteiger partial charge on any atom is 0.229 e. The van der Waals surface area contributed by atoms with Gasteiger partial charge in [0.25, 0.3) is 0 Å². The van der Waals surface area contributed by atoms with Crippen LogP contribution in [0.3, 0.4) is 0 Å². The van der Waals surface area contributed by atoms with Crippen molar-refractivity contribution >= 4 is 45.6 Å². The fraction of sp³-hybridized carbons (Fsp3) is 0.417.